The van der Waals surface area contributed by atoms with Crippen molar-refractivity contribution < 1.29 is 9.59 Å². The Labute approximate surface area is 73.7 Å². The molecule has 68 valence electrons. The highest BCUT2D eigenvalue weighted by Crippen LogP contribution is 1.93. The lowest BCUT2D eigenvalue weighted by molar-refractivity contribution is -0.142. The molecule has 12 heavy (non-hydrogen) atoms. The molecule has 0 aromatic carbocycles. The third-order valence-corrected chi connectivity index (χ3v) is 1.35. The van der Waals surface area contributed by atoms with Crippen LogP contribution in [0.4, 0.5) is 0 Å². The van der Waals surface area contributed by atoms with Gasteiger partial charge in [0.25, 0.3) is 0 Å². The van der Waals surface area contributed by atoms with Gasteiger partial charge in [0.2, 0.25) is 11.8 Å². The molecule has 3 heteroatoms. The van der Waals surface area contributed by atoms with Crippen LogP contribution in [0.15, 0.2) is 0 Å². The molecule has 0 saturated carbocycles. The molecule has 0 N–H and O–H groups in total. The maximum atomic E-state index is 10.8. The molecule has 3 nitrogen and oxygen atoms in total. The molecule has 0 fully saturated rings. The smallest absolute Gasteiger partial charge is 0.228 e. The van der Waals surface area contributed by atoms with E-state index in [-0.39, 0.29) is 11.8 Å². The first-order chi connectivity index (χ1) is 5.63. The minimum Gasteiger partial charge on any atom is -0.286 e. The average Bonchev–Trinajstić information content (AvgIpc) is 2.17. The predicted molar refractivity (Wildman–Crippen MR) is 48.2 cm³/mol. The van der Waals surface area contributed by atoms with Crippen molar-refractivity contribution in [1.82, 2.24) is 4.90 Å². The van der Waals surface area contributed by atoms with Gasteiger partial charge in [0.05, 0.1) is 0 Å². The number of carbonyl (C=O) groups is 2. The van der Waals surface area contributed by atoms with Crippen molar-refractivity contribution in [3.05, 3.63) is 0 Å². The predicted octanol–water partition coefficient (Wildman–Crippen LogP) is 1.04. The van der Waals surface area contributed by atoms with Gasteiger partial charge in [-0.3, -0.25) is 14.5 Å². The third-order valence-electron chi connectivity index (χ3n) is 1.35. The number of amides is 2. The summed E-state index contributed by atoms with van der Waals surface area (Å²) in [5.74, 6) is -0.237. The number of carbonyl (C=O) groups excluding carboxylic acids is 2. The van der Waals surface area contributed by atoms with Crippen molar-refractivity contribution >= 4 is 11.8 Å². The van der Waals surface area contributed by atoms with Gasteiger partial charge in [0, 0.05) is 19.9 Å². The van der Waals surface area contributed by atoms with E-state index < -0.39 is 0 Å². The minimum atomic E-state index is -0.119. The van der Waals surface area contributed by atoms with E-state index in [0.717, 1.165) is 0 Å². The van der Waals surface area contributed by atoms with Gasteiger partial charge in [0.15, 0.2) is 0 Å². The van der Waals surface area contributed by atoms with Crippen LogP contribution in [0.5, 0.6) is 0 Å². The summed E-state index contributed by atoms with van der Waals surface area (Å²) in [5.41, 5.74) is 0. The molecule has 2 amide bonds. The van der Waals surface area contributed by atoms with Gasteiger partial charge in [-0.2, -0.15) is 0 Å². The molecular weight excluding hydrogens is 154 g/mol. The van der Waals surface area contributed by atoms with Gasteiger partial charge in [-0.05, 0) is 0 Å². The summed E-state index contributed by atoms with van der Waals surface area (Å²) in [6.45, 7) is 3.48. The topological polar surface area (TPSA) is 37.4 Å². The fourth-order valence-corrected chi connectivity index (χ4v) is 0.613. The summed E-state index contributed by atoms with van der Waals surface area (Å²) in [6, 6.07) is 0. The van der Waals surface area contributed by atoms with Gasteiger partial charge in [0.1, 0.15) is 0 Å². The van der Waals surface area contributed by atoms with E-state index in [4.69, 9.17) is 0 Å². The van der Waals surface area contributed by atoms with Crippen LogP contribution in [0, 0.1) is 12.8 Å². The van der Waals surface area contributed by atoms with Crippen molar-refractivity contribution in [2.75, 3.05) is 7.05 Å². The van der Waals surface area contributed by atoms with Gasteiger partial charge in [-0.1, -0.05) is 13.8 Å². The number of hydrogen-bond donors (Lipinski definition) is 0. The summed E-state index contributed by atoms with van der Waals surface area (Å²) < 4.78 is 0. The second kappa shape index (κ2) is 7.80. The number of hydrogen-bond acceptors (Lipinski definition) is 2. The van der Waals surface area contributed by atoms with E-state index in [2.05, 4.69) is 12.8 Å². The highest BCUT2D eigenvalue weighted by molar-refractivity contribution is 5.94. The Balaban J connectivity index is 0. The lowest BCUT2D eigenvalue weighted by Gasteiger charge is -2.12. The minimum absolute atomic E-state index is 0.119. The van der Waals surface area contributed by atoms with Crippen molar-refractivity contribution in [2.45, 2.75) is 26.7 Å². The number of terminal acetylenes is 1. The molecule has 0 heterocycles. The first-order valence-corrected chi connectivity index (χ1v) is 3.76. The Hall–Kier alpha value is -1.30. The molecule has 0 unspecified atom stereocenters. The van der Waals surface area contributed by atoms with E-state index in [0.29, 0.717) is 12.8 Å². The van der Waals surface area contributed by atoms with Crippen LogP contribution in [-0.2, 0) is 9.59 Å². The second-order valence-electron chi connectivity index (χ2n) is 2.05. The Morgan fingerprint density at radius 2 is 1.33 bits per heavy atom. The maximum Gasteiger partial charge on any atom is 0.228 e. The highest BCUT2D eigenvalue weighted by atomic mass is 16.2. The Morgan fingerprint density at radius 1 is 1.08 bits per heavy atom. The zero-order valence-electron chi connectivity index (χ0n) is 7.83. The normalized spacial score (nSPS) is 7.75. The number of rotatable bonds is 2. The lowest BCUT2D eigenvalue weighted by Crippen LogP contribution is -2.31. The molecule has 0 rings (SSSR count). The van der Waals surface area contributed by atoms with Crippen LogP contribution in [0.2, 0.25) is 0 Å². The van der Waals surface area contributed by atoms with E-state index in [1.807, 2.05) is 0 Å². The Kier molecular flexibility index (Phi) is 8.65. The quantitative estimate of drug-likeness (QED) is 0.579. The maximum absolute atomic E-state index is 10.8. The fraction of sp³-hybridized carbons (Fsp3) is 0.556. The Bertz CT molecular complexity index is 157. The lowest BCUT2D eigenvalue weighted by atomic mass is 10.3. The summed E-state index contributed by atoms with van der Waals surface area (Å²) >= 11 is 0. The average molecular weight is 169 g/mol. The highest BCUT2D eigenvalue weighted by Gasteiger charge is 2.11. The SMILES string of the molecule is C#C.CCC(=O)N(C)C(=O)CC. The van der Waals surface area contributed by atoms with Crippen LogP contribution >= 0.6 is 0 Å². The van der Waals surface area contributed by atoms with E-state index in [1.165, 1.54) is 11.9 Å². The first kappa shape index (κ1) is 13.3. The van der Waals surface area contributed by atoms with Crippen molar-refractivity contribution in [1.29, 1.82) is 0 Å². The molecule has 0 saturated heterocycles. The monoisotopic (exact) mass is 169 g/mol. The Morgan fingerprint density at radius 3 is 1.50 bits per heavy atom. The molecule has 0 radical (unpaired) electrons. The van der Waals surface area contributed by atoms with Crippen LogP contribution in [0.3, 0.4) is 0 Å². The molecule has 0 aliphatic carbocycles. The fourth-order valence-electron chi connectivity index (χ4n) is 0.613. The summed E-state index contributed by atoms with van der Waals surface area (Å²) in [6.07, 6.45) is 8.78. The van der Waals surface area contributed by atoms with Crippen LogP contribution in [0.25, 0.3) is 0 Å². The number of imide groups is 1. The number of nitrogens with zero attached hydrogens (tertiary/aromatic N) is 1. The van der Waals surface area contributed by atoms with E-state index in [1.54, 1.807) is 13.8 Å². The van der Waals surface area contributed by atoms with Gasteiger partial charge < -0.3 is 0 Å². The molecule has 0 aliphatic rings. The van der Waals surface area contributed by atoms with Crippen molar-refractivity contribution in [3.63, 3.8) is 0 Å². The zero-order valence-corrected chi connectivity index (χ0v) is 7.83. The summed E-state index contributed by atoms with van der Waals surface area (Å²) in [7, 11) is 1.51. The molecule has 0 spiro atoms. The van der Waals surface area contributed by atoms with E-state index >= 15 is 0 Å². The van der Waals surface area contributed by atoms with Crippen LogP contribution in [-0.4, -0.2) is 23.8 Å². The standard InChI is InChI=1S/C7H13NO2.C2H2/c1-4-6(9)8(3)7(10)5-2;1-2/h4-5H2,1-3H3;1-2H. The molecule has 0 atom stereocenters. The summed E-state index contributed by atoms with van der Waals surface area (Å²) in [4.78, 5) is 22.8. The van der Waals surface area contributed by atoms with Crippen LogP contribution < -0.4 is 0 Å². The molecule has 0 bridgehead atoms. The third kappa shape index (κ3) is 4.51. The van der Waals surface area contributed by atoms with Crippen molar-refractivity contribution in [2.24, 2.45) is 0 Å². The van der Waals surface area contributed by atoms with Crippen LogP contribution in [0.1, 0.15) is 26.7 Å². The largest absolute Gasteiger partial charge is 0.286 e. The van der Waals surface area contributed by atoms with Gasteiger partial charge >= 0.3 is 0 Å². The first-order valence-electron chi connectivity index (χ1n) is 3.76. The van der Waals surface area contributed by atoms with E-state index in [9.17, 15) is 9.59 Å². The van der Waals surface area contributed by atoms with Gasteiger partial charge in [-0.25, -0.2) is 0 Å². The summed E-state index contributed by atoms with van der Waals surface area (Å²) in [5, 5.41) is 0. The van der Waals surface area contributed by atoms with Gasteiger partial charge in [-0.15, -0.1) is 12.8 Å². The molecular formula is C9H15NO2. The molecule has 0 aliphatic heterocycles. The molecule has 0 aromatic rings. The second-order valence-corrected chi connectivity index (χ2v) is 2.05. The molecule has 0 aromatic heterocycles. The van der Waals surface area contributed by atoms with Crippen molar-refractivity contribution in [3.8, 4) is 12.8 Å². The zero-order chi connectivity index (χ0) is 10.1.